The van der Waals surface area contributed by atoms with Crippen molar-refractivity contribution in [2.24, 2.45) is 0 Å². The molecule has 1 aliphatic carbocycles. The van der Waals surface area contributed by atoms with Crippen molar-refractivity contribution in [1.29, 1.82) is 0 Å². The van der Waals surface area contributed by atoms with Gasteiger partial charge in [-0.15, -0.1) is 0 Å². The van der Waals surface area contributed by atoms with Gasteiger partial charge in [-0.1, -0.05) is 0 Å². The van der Waals surface area contributed by atoms with E-state index in [9.17, 15) is 14.4 Å². The number of amides is 2. The number of hydrogen-bond donors (Lipinski definition) is 0. The first kappa shape index (κ1) is 17.7. The van der Waals surface area contributed by atoms with Gasteiger partial charge < -0.3 is 4.74 Å². The molecule has 2 aromatic rings. The van der Waals surface area contributed by atoms with E-state index in [0.29, 0.717) is 12.8 Å². The number of likely N-dealkylation sites (tertiary alicyclic amines) is 1. The Labute approximate surface area is 157 Å². The molecule has 142 valence electrons. The third-order valence-electron chi connectivity index (χ3n) is 5.66. The average Bonchev–Trinajstić information content (AvgIpc) is 3.22. The first-order valence-electron chi connectivity index (χ1n) is 9.45. The number of carbonyl (C=O) groups is 3. The molecule has 7 nitrogen and oxygen atoms in total. The van der Waals surface area contributed by atoms with E-state index in [1.54, 1.807) is 6.20 Å². The number of rotatable bonds is 3. The van der Waals surface area contributed by atoms with Crippen LogP contribution in [-0.2, 0) is 9.59 Å². The van der Waals surface area contributed by atoms with Gasteiger partial charge in [-0.25, -0.2) is 4.68 Å². The van der Waals surface area contributed by atoms with Crippen LogP contribution < -0.4 is 4.74 Å². The summed E-state index contributed by atoms with van der Waals surface area (Å²) in [5.41, 5.74) is 1.74. The molecule has 0 unspecified atom stereocenters. The number of aryl methyl sites for hydroxylation is 1. The molecule has 0 radical (unpaired) electrons. The summed E-state index contributed by atoms with van der Waals surface area (Å²) in [6.45, 7) is 3.46. The van der Waals surface area contributed by atoms with Crippen LogP contribution in [0.3, 0.4) is 0 Å². The maximum absolute atomic E-state index is 11.9. The van der Waals surface area contributed by atoms with Crippen LogP contribution >= 0.6 is 0 Å². The first-order valence-corrected chi connectivity index (χ1v) is 9.45. The van der Waals surface area contributed by atoms with Crippen LogP contribution in [0.5, 0.6) is 5.75 Å². The monoisotopic (exact) mass is 369 g/mol. The summed E-state index contributed by atoms with van der Waals surface area (Å²) in [6.07, 6.45) is 5.65. The largest absolute Gasteiger partial charge is 0.490 e. The summed E-state index contributed by atoms with van der Waals surface area (Å²) in [6, 6.07) is 3.77. The summed E-state index contributed by atoms with van der Waals surface area (Å²) < 4.78 is 7.61. The summed E-state index contributed by atoms with van der Waals surface area (Å²) in [7, 11) is 0. The van der Waals surface area contributed by atoms with Gasteiger partial charge in [0.1, 0.15) is 5.75 Å². The minimum Gasteiger partial charge on any atom is -0.490 e. The molecule has 0 spiro atoms. The number of imide groups is 1. The number of nitrogens with zero attached hydrogens (tertiary/aromatic N) is 3. The highest BCUT2D eigenvalue weighted by atomic mass is 16.5. The number of ether oxygens (including phenoxy) is 1. The lowest BCUT2D eigenvalue weighted by Gasteiger charge is -2.33. The molecule has 4 rings (SSSR count). The quantitative estimate of drug-likeness (QED) is 0.777. The number of aromatic nitrogens is 2. The molecule has 27 heavy (non-hydrogen) atoms. The Morgan fingerprint density at radius 3 is 2.41 bits per heavy atom. The van der Waals surface area contributed by atoms with E-state index >= 15 is 0 Å². The Morgan fingerprint density at radius 1 is 1.11 bits per heavy atom. The minimum absolute atomic E-state index is 0.0183. The topological polar surface area (TPSA) is 81.5 Å². The van der Waals surface area contributed by atoms with Crippen molar-refractivity contribution in [3.63, 3.8) is 0 Å². The average molecular weight is 369 g/mol. The van der Waals surface area contributed by atoms with Gasteiger partial charge in [-0.3, -0.25) is 19.3 Å². The van der Waals surface area contributed by atoms with Gasteiger partial charge in [0.25, 0.3) is 0 Å². The molecule has 0 bridgehead atoms. The van der Waals surface area contributed by atoms with Gasteiger partial charge in [0.2, 0.25) is 17.7 Å². The summed E-state index contributed by atoms with van der Waals surface area (Å²) in [5.74, 6) is 0.603. The van der Waals surface area contributed by atoms with Crippen LogP contribution in [0, 0.1) is 6.92 Å². The first-order chi connectivity index (χ1) is 13.0. The molecular weight excluding hydrogens is 346 g/mol. The van der Waals surface area contributed by atoms with Crippen LogP contribution in [0.2, 0.25) is 0 Å². The molecule has 2 aliphatic rings. The fourth-order valence-corrected chi connectivity index (χ4v) is 4.20. The molecule has 1 aromatic heterocycles. The van der Waals surface area contributed by atoms with Crippen molar-refractivity contribution < 1.29 is 19.1 Å². The standard InChI is InChI=1S/C20H23N3O4/c1-12-16-11-21-23(13(2)24)17(16)7-8-18(12)27-15-5-3-14(4-6-15)22-19(25)9-10-20(22)26/h7-8,11,14-15H,3-6,9-10H2,1-2H3. The molecule has 0 atom stereocenters. The smallest absolute Gasteiger partial charge is 0.244 e. The van der Waals surface area contributed by atoms with Gasteiger partial charge in [0.05, 0.1) is 17.8 Å². The second-order valence-electron chi connectivity index (χ2n) is 7.40. The molecule has 1 saturated heterocycles. The van der Waals surface area contributed by atoms with Gasteiger partial charge in [0, 0.05) is 36.8 Å². The Balaban J connectivity index is 1.45. The third-order valence-corrected chi connectivity index (χ3v) is 5.66. The highest BCUT2D eigenvalue weighted by molar-refractivity contribution is 6.02. The van der Waals surface area contributed by atoms with E-state index in [0.717, 1.165) is 47.9 Å². The van der Waals surface area contributed by atoms with Crippen LogP contribution in [0.4, 0.5) is 0 Å². The zero-order valence-electron chi connectivity index (χ0n) is 15.6. The molecule has 2 fully saturated rings. The molecular formula is C20H23N3O4. The molecule has 7 heteroatoms. The molecule has 1 aromatic carbocycles. The number of carbonyl (C=O) groups excluding carboxylic acids is 3. The van der Waals surface area contributed by atoms with Crippen molar-refractivity contribution in [1.82, 2.24) is 14.7 Å². The van der Waals surface area contributed by atoms with E-state index in [4.69, 9.17) is 4.74 Å². The predicted octanol–water partition coefficient (Wildman–Crippen LogP) is 2.84. The Kier molecular flexibility index (Phi) is 4.45. The van der Waals surface area contributed by atoms with Crippen LogP contribution in [-0.4, -0.2) is 44.5 Å². The van der Waals surface area contributed by atoms with Crippen LogP contribution in [0.15, 0.2) is 18.3 Å². The molecule has 0 N–H and O–H groups in total. The van der Waals surface area contributed by atoms with Gasteiger partial charge in [-0.2, -0.15) is 5.10 Å². The minimum atomic E-state index is -0.123. The molecule has 2 heterocycles. The number of hydrogen-bond acceptors (Lipinski definition) is 5. The Morgan fingerprint density at radius 2 is 1.78 bits per heavy atom. The maximum Gasteiger partial charge on any atom is 0.244 e. The Hall–Kier alpha value is -2.70. The van der Waals surface area contributed by atoms with E-state index < -0.39 is 0 Å². The fourth-order valence-electron chi connectivity index (χ4n) is 4.20. The lowest BCUT2D eigenvalue weighted by atomic mass is 9.92. The maximum atomic E-state index is 11.9. The lowest BCUT2D eigenvalue weighted by molar-refractivity contribution is -0.142. The van der Waals surface area contributed by atoms with Gasteiger partial charge in [-0.05, 0) is 44.7 Å². The van der Waals surface area contributed by atoms with Crippen molar-refractivity contribution in [2.75, 3.05) is 0 Å². The van der Waals surface area contributed by atoms with E-state index in [-0.39, 0.29) is 29.9 Å². The molecule has 1 aliphatic heterocycles. The summed E-state index contributed by atoms with van der Waals surface area (Å²) in [4.78, 5) is 36.9. The zero-order valence-corrected chi connectivity index (χ0v) is 15.6. The highest BCUT2D eigenvalue weighted by Gasteiger charge is 2.37. The highest BCUT2D eigenvalue weighted by Crippen LogP contribution is 2.33. The van der Waals surface area contributed by atoms with Crippen LogP contribution in [0.25, 0.3) is 10.9 Å². The molecule has 2 amide bonds. The van der Waals surface area contributed by atoms with E-state index in [1.807, 2.05) is 19.1 Å². The second-order valence-corrected chi connectivity index (χ2v) is 7.40. The third kappa shape index (κ3) is 3.11. The fraction of sp³-hybridized carbons (Fsp3) is 0.500. The van der Waals surface area contributed by atoms with E-state index in [2.05, 4.69) is 5.10 Å². The normalized spacial score (nSPS) is 23.3. The second kappa shape index (κ2) is 6.79. The van der Waals surface area contributed by atoms with Crippen molar-refractivity contribution >= 4 is 28.6 Å². The summed E-state index contributed by atoms with van der Waals surface area (Å²) in [5, 5.41) is 5.06. The molecule has 1 saturated carbocycles. The summed E-state index contributed by atoms with van der Waals surface area (Å²) >= 11 is 0. The number of benzene rings is 1. The number of fused-ring (bicyclic) bond motifs is 1. The van der Waals surface area contributed by atoms with Crippen LogP contribution in [0.1, 0.15) is 55.8 Å². The zero-order chi connectivity index (χ0) is 19.1. The SMILES string of the molecule is CC(=O)n1ncc2c(C)c(OC3CCC(N4C(=O)CCC4=O)CC3)ccc21. The van der Waals surface area contributed by atoms with E-state index in [1.165, 1.54) is 16.5 Å². The lowest BCUT2D eigenvalue weighted by Crippen LogP contribution is -2.43. The Bertz CT molecular complexity index is 909. The van der Waals surface area contributed by atoms with Crippen molar-refractivity contribution in [3.05, 3.63) is 23.9 Å². The van der Waals surface area contributed by atoms with Crippen molar-refractivity contribution in [3.8, 4) is 5.75 Å². The van der Waals surface area contributed by atoms with Crippen molar-refractivity contribution in [2.45, 2.75) is 64.5 Å². The predicted molar refractivity (Wildman–Crippen MR) is 98.5 cm³/mol. The van der Waals surface area contributed by atoms with Gasteiger partial charge in [0.15, 0.2) is 0 Å². The van der Waals surface area contributed by atoms with Gasteiger partial charge >= 0.3 is 0 Å².